The molecule has 96 valence electrons. The van der Waals surface area contributed by atoms with Crippen LogP contribution in [0.4, 0.5) is 0 Å². The van der Waals surface area contributed by atoms with Crippen LogP contribution in [0.15, 0.2) is 22.7 Å². The Balaban J connectivity index is 0.00000256. The van der Waals surface area contributed by atoms with Crippen LogP contribution < -0.4 is 5.73 Å². The number of benzene rings is 1. The van der Waals surface area contributed by atoms with E-state index in [1.165, 1.54) is 0 Å². The number of hydrogen-bond acceptors (Lipinski definition) is 3. The highest BCUT2D eigenvalue weighted by Gasteiger charge is 2.14. The summed E-state index contributed by atoms with van der Waals surface area (Å²) < 4.78 is 5.80. The molecular weight excluding hydrogens is 305 g/mol. The van der Waals surface area contributed by atoms with Crippen molar-refractivity contribution in [2.24, 2.45) is 5.73 Å². The fourth-order valence-electron chi connectivity index (χ4n) is 1.44. The second-order valence-corrected chi connectivity index (χ2v) is 4.49. The fourth-order valence-corrected chi connectivity index (χ4v) is 2.23. The molecule has 1 aromatic rings. The molecule has 0 bridgehead atoms. The lowest BCUT2D eigenvalue weighted by molar-refractivity contribution is -0.143. The zero-order valence-electron chi connectivity index (χ0n) is 9.90. The van der Waals surface area contributed by atoms with E-state index in [9.17, 15) is 4.79 Å². The maximum absolute atomic E-state index is 11.3. The van der Waals surface area contributed by atoms with Crippen LogP contribution in [0.5, 0.6) is 0 Å². The van der Waals surface area contributed by atoms with Crippen molar-refractivity contribution >= 4 is 34.3 Å². The minimum Gasteiger partial charge on any atom is -0.466 e. The van der Waals surface area contributed by atoms with E-state index in [1.54, 1.807) is 6.92 Å². The second-order valence-electron chi connectivity index (χ2n) is 3.64. The first-order valence-electron chi connectivity index (χ1n) is 5.21. The van der Waals surface area contributed by atoms with Gasteiger partial charge in [0.1, 0.15) is 0 Å². The smallest absolute Gasteiger partial charge is 0.307 e. The predicted octanol–water partition coefficient (Wildman–Crippen LogP) is 3.13. The Bertz CT molecular complexity index is 385. The summed E-state index contributed by atoms with van der Waals surface area (Å²) in [5, 5.41) is 0. The van der Waals surface area contributed by atoms with Gasteiger partial charge in [0.15, 0.2) is 0 Å². The molecule has 17 heavy (non-hydrogen) atoms. The molecule has 0 aromatic heterocycles. The van der Waals surface area contributed by atoms with Gasteiger partial charge in [-0.05, 0) is 31.0 Å². The monoisotopic (exact) mass is 321 g/mol. The lowest BCUT2D eigenvalue weighted by Crippen LogP contribution is -2.17. The summed E-state index contributed by atoms with van der Waals surface area (Å²) >= 11 is 3.44. The molecule has 0 aliphatic heterocycles. The van der Waals surface area contributed by atoms with Crippen molar-refractivity contribution in [3.63, 3.8) is 0 Å². The molecule has 3 nitrogen and oxygen atoms in total. The fraction of sp³-hybridized carbons (Fsp3) is 0.417. The van der Waals surface area contributed by atoms with E-state index in [1.807, 2.05) is 25.1 Å². The van der Waals surface area contributed by atoms with E-state index in [0.717, 1.165) is 15.6 Å². The van der Waals surface area contributed by atoms with Crippen LogP contribution in [0.2, 0.25) is 0 Å². The number of ether oxygens (including phenoxy) is 1. The lowest BCUT2D eigenvalue weighted by atomic mass is 10.0. The van der Waals surface area contributed by atoms with Crippen molar-refractivity contribution in [1.29, 1.82) is 0 Å². The maximum atomic E-state index is 11.3. The summed E-state index contributed by atoms with van der Waals surface area (Å²) in [6.07, 6.45) is 0.204. The Morgan fingerprint density at radius 3 is 2.71 bits per heavy atom. The van der Waals surface area contributed by atoms with Crippen molar-refractivity contribution in [3.05, 3.63) is 33.8 Å². The molecule has 0 saturated heterocycles. The molecule has 0 radical (unpaired) electrons. The third-order valence-corrected chi connectivity index (χ3v) is 2.93. The molecule has 0 aliphatic rings. The quantitative estimate of drug-likeness (QED) is 0.867. The predicted molar refractivity (Wildman–Crippen MR) is 74.3 cm³/mol. The Kier molecular flexibility index (Phi) is 7.43. The summed E-state index contributed by atoms with van der Waals surface area (Å²) in [6.45, 7) is 4.18. The minimum absolute atomic E-state index is 0. The molecular formula is C12H17BrClNO2. The first-order chi connectivity index (χ1) is 7.54. The van der Waals surface area contributed by atoms with E-state index >= 15 is 0 Å². The Morgan fingerprint density at radius 2 is 2.18 bits per heavy atom. The average molecular weight is 323 g/mol. The normalized spacial score (nSPS) is 11.5. The molecule has 1 atom stereocenters. The van der Waals surface area contributed by atoms with Crippen molar-refractivity contribution in [2.75, 3.05) is 6.61 Å². The molecule has 0 unspecified atom stereocenters. The van der Waals surface area contributed by atoms with Crippen molar-refractivity contribution in [3.8, 4) is 0 Å². The van der Waals surface area contributed by atoms with Gasteiger partial charge in [0.25, 0.3) is 0 Å². The van der Waals surface area contributed by atoms with Gasteiger partial charge in [-0.3, -0.25) is 4.79 Å². The van der Waals surface area contributed by atoms with Gasteiger partial charge < -0.3 is 10.5 Å². The Hall–Kier alpha value is -0.580. The molecule has 0 spiro atoms. The molecule has 0 saturated carbocycles. The van der Waals surface area contributed by atoms with Crippen molar-refractivity contribution in [2.45, 2.75) is 26.3 Å². The van der Waals surface area contributed by atoms with E-state index in [2.05, 4.69) is 15.9 Å². The highest BCUT2D eigenvalue weighted by molar-refractivity contribution is 9.10. The van der Waals surface area contributed by atoms with Gasteiger partial charge >= 0.3 is 5.97 Å². The molecule has 0 amide bonds. The van der Waals surface area contributed by atoms with Crippen LogP contribution in [-0.2, 0) is 9.53 Å². The molecule has 2 N–H and O–H groups in total. The highest BCUT2D eigenvalue weighted by Crippen LogP contribution is 2.25. The first-order valence-corrected chi connectivity index (χ1v) is 6.01. The number of carbonyl (C=O) groups excluding carboxylic acids is 1. The molecule has 5 heteroatoms. The number of esters is 1. The summed E-state index contributed by atoms with van der Waals surface area (Å²) in [4.78, 5) is 11.3. The van der Waals surface area contributed by atoms with Crippen LogP contribution in [0.3, 0.4) is 0 Å². The number of nitrogens with two attached hydrogens (primary N) is 1. The number of aryl methyl sites for hydroxylation is 1. The average Bonchev–Trinajstić information content (AvgIpc) is 2.17. The molecule has 1 rings (SSSR count). The van der Waals surface area contributed by atoms with Gasteiger partial charge in [0.05, 0.1) is 13.0 Å². The van der Waals surface area contributed by atoms with Crippen molar-refractivity contribution < 1.29 is 9.53 Å². The van der Waals surface area contributed by atoms with Crippen LogP contribution in [0.1, 0.15) is 30.5 Å². The molecule has 0 heterocycles. The Labute approximate surface area is 116 Å². The number of hydrogen-bond donors (Lipinski definition) is 1. The summed E-state index contributed by atoms with van der Waals surface area (Å²) in [7, 11) is 0. The van der Waals surface area contributed by atoms with Gasteiger partial charge in [0.2, 0.25) is 0 Å². The van der Waals surface area contributed by atoms with Gasteiger partial charge in [-0.25, -0.2) is 0 Å². The SMILES string of the molecule is CCOC(=O)C[C@@H](N)c1ccc(C)cc1Br.Cl. The minimum atomic E-state index is -0.325. The van der Waals surface area contributed by atoms with Gasteiger partial charge in [-0.15, -0.1) is 12.4 Å². The van der Waals surface area contributed by atoms with Gasteiger partial charge in [-0.1, -0.05) is 28.1 Å². The topological polar surface area (TPSA) is 52.3 Å². The van der Waals surface area contributed by atoms with E-state index in [-0.39, 0.29) is 30.8 Å². The lowest BCUT2D eigenvalue weighted by Gasteiger charge is -2.13. The van der Waals surface area contributed by atoms with Crippen LogP contribution in [0.25, 0.3) is 0 Å². The maximum Gasteiger partial charge on any atom is 0.307 e. The summed E-state index contributed by atoms with van der Waals surface area (Å²) in [5.41, 5.74) is 8.03. The third-order valence-electron chi connectivity index (χ3n) is 2.25. The summed E-state index contributed by atoms with van der Waals surface area (Å²) in [5.74, 6) is -0.262. The zero-order chi connectivity index (χ0) is 12.1. The summed E-state index contributed by atoms with van der Waals surface area (Å²) in [6, 6.07) is 5.57. The van der Waals surface area contributed by atoms with E-state index < -0.39 is 0 Å². The Morgan fingerprint density at radius 1 is 1.53 bits per heavy atom. The number of carbonyl (C=O) groups is 1. The number of rotatable bonds is 4. The third kappa shape index (κ3) is 5.06. The van der Waals surface area contributed by atoms with Crippen LogP contribution in [0, 0.1) is 6.92 Å². The van der Waals surface area contributed by atoms with E-state index in [4.69, 9.17) is 10.5 Å². The second kappa shape index (κ2) is 7.69. The van der Waals surface area contributed by atoms with Crippen LogP contribution in [-0.4, -0.2) is 12.6 Å². The van der Waals surface area contributed by atoms with Gasteiger partial charge in [-0.2, -0.15) is 0 Å². The molecule has 0 aliphatic carbocycles. The van der Waals surface area contributed by atoms with Crippen molar-refractivity contribution in [1.82, 2.24) is 0 Å². The molecule has 1 aromatic carbocycles. The van der Waals surface area contributed by atoms with Gasteiger partial charge in [0, 0.05) is 10.5 Å². The van der Waals surface area contributed by atoms with Crippen LogP contribution >= 0.6 is 28.3 Å². The first kappa shape index (κ1) is 16.4. The zero-order valence-corrected chi connectivity index (χ0v) is 12.3. The highest BCUT2D eigenvalue weighted by atomic mass is 79.9. The largest absolute Gasteiger partial charge is 0.466 e. The standard InChI is InChI=1S/C12H16BrNO2.ClH/c1-3-16-12(15)7-11(14)9-5-4-8(2)6-10(9)13;/h4-6,11H,3,7,14H2,1-2H3;1H/t11-;/m1./s1. The molecule has 0 fully saturated rings. The number of halogens is 2. The van der Waals surface area contributed by atoms with E-state index in [0.29, 0.717) is 6.61 Å².